The largest absolute Gasteiger partial charge is 0.497 e. The van der Waals surface area contributed by atoms with E-state index >= 15 is 0 Å². The summed E-state index contributed by atoms with van der Waals surface area (Å²) in [5, 5.41) is 4.78. The molecule has 1 unspecified atom stereocenters. The predicted molar refractivity (Wildman–Crippen MR) is 65.1 cm³/mol. The van der Waals surface area contributed by atoms with Crippen LogP contribution in [0.25, 0.3) is 0 Å². The summed E-state index contributed by atoms with van der Waals surface area (Å²) in [4.78, 5) is 1.14. The Morgan fingerprint density at radius 1 is 1.53 bits per heavy atom. The molecule has 0 radical (unpaired) electrons. The molecule has 82 valence electrons. The lowest BCUT2D eigenvalue weighted by Gasteiger charge is -2.10. The Morgan fingerprint density at radius 3 is 3.00 bits per heavy atom. The van der Waals surface area contributed by atoms with Gasteiger partial charge < -0.3 is 10.1 Å². The second-order valence-electron chi connectivity index (χ2n) is 3.53. The summed E-state index contributed by atoms with van der Waals surface area (Å²) in [6.45, 7) is 2.19. The first-order valence-electron chi connectivity index (χ1n) is 5.00. The number of nitrogens with one attached hydrogen (secondary N) is 1. The van der Waals surface area contributed by atoms with Gasteiger partial charge in [0.15, 0.2) is 0 Å². The van der Waals surface area contributed by atoms with E-state index in [-0.39, 0.29) is 0 Å². The first kappa shape index (κ1) is 11.1. The average molecular weight is 244 g/mol. The van der Waals surface area contributed by atoms with E-state index in [0.717, 1.165) is 28.8 Å². The van der Waals surface area contributed by atoms with E-state index in [4.69, 9.17) is 16.3 Å². The number of rotatable bonds is 3. The number of methoxy groups -OCH3 is 1. The standard InChI is InChI=1S/C11H14ClNOS/c1-14-8-2-3-11(10(12)6-8)15-9-4-5-13-7-9/h2-3,6,9,13H,4-5,7H2,1H3. The van der Waals surface area contributed by atoms with E-state index in [2.05, 4.69) is 5.32 Å². The highest BCUT2D eigenvalue weighted by Gasteiger charge is 2.16. The molecule has 4 heteroatoms. The normalized spacial score (nSPS) is 20.5. The summed E-state index contributed by atoms with van der Waals surface area (Å²) >= 11 is 8.01. The third kappa shape index (κ3) is 2.80. The molecule has 0 aliphatic carbocycles. The van der Waals surface area contributed by atoms with Gasteiger partial charge in [0.1, 0.15) is 5.75 Å². The number of ether oxygens (including phenoxy) is 1. The highest BCUT2D eigenvalue weighted by Crippen LogP contribution is 2.34. The van der Waals surface area contributed by atoms with Gasteiger partial charge in [0.05, 0.1) is 12.1 Å². The monoisotopic (exact) mass is 243 g/mol. The minimum atomic E-state index is 0.649. The molecule has 1 aliphatic rings. The van der Waals surface area contributed by atoms with Gasteiger partial charge in [-0.3, -0.25) is 0 Å². The van der Waals surface area contributed by atoms with E-state index in [1.807, 2.05) is 30.0 Å². The van der Waals surface area contributed by atoms with Crippen LogP contribution in [0.4, 0.5) is 0 Å². The van der Waals surface area contributed by atoms with Crippen LogP contribution in [-0.2, 0) is 0 Å². The van der Waals surface area contributed by atoms with Crippen molar-refractivity contribution in [2.75, 3.05) is 20.2 Å². The minimum Gasteiger partial charge on any atom is -0.497 e. The SMILES string of the molecule is COc1ccc(SC2CCNC2)c(Cl)c1. The number of halogens is 1. The fourth-order valence-corrected chi connectivity index (χ4v) is 3.03. The number of benzene rings is 1. The van der Waals surface area contributed by atoms with Gasteiger partial charge in [-0.15, -0.1) is 11.8 Å². The molecule has 1 N–H and O–H groups in total. The molecule has 1 heterocycles. The molecule has 1 atom stereocenters. The van der Waals surface area contributed by atoms with Crippen molar-refractivity contribution in [3.05, 3.63) is 23.2 Å². The second kappa shape index (κ2) is 5.10. The average Bonchev–Trinajstić information content (AvgIpc) is 2.74. The van der Waals surface area contributed by atoms with Crippen molar-refractivity contribution in [2.24, 2.45) is 0 Å². The maximum Gasteiger partial charge on any atom is 0.120 e. The first-order valence-corrected chi connectivity index (χ1v) is 6.26. The van der Waals surface area contributed by atoms with Crippen molar-refractivity contribution >= 4 is 23.4 Å². The maximum atomic E-state index is 6.17. The molecule has 0 amide bonds. The molecular formula is C11H14ClNOS. The van der Waals surface area contributed by atoms with Crippen LogP contribution in [0.5, 0.6) is 5.75 Å². The molecule has 1 fully saturated rings. The predicted octanol–water partition coefficient (Wildman–Crippen LogP) is 2.80. The van der Waals surface area contributed by atoms with E-state index in [1.165, 1.54) is 6.42 Å². The Bertz CT molecular complexity index is 339. The topological polar surface area (TPSA) is 21.3 Å². The van der Waals surface area contributed by atoms with Gasteiger partial charge >= 0.3 is 0 Å². The van der Waals surface area contributed by atoms with Gasteiger partial charge in [0.2, 0.25) is 0 Å². The van der Waals surface area contributed by atoms with Crippen LogP contribution in [0.3, 0.4) is 0 Å². The van der Waals surface area contributed by atoms with Gasteiger partial charge in [-0.05, 0) is 31.2 Å². The Hall–Kier alpha value is -0.380. The Balaban J connectivity index is 2.07. The van der Waals surface area contributed by atoms with Crippen molar-refractivity contribution in [2.45, 2.75) is 16.6 Å². The summed E-state index contributed by atoms with van der Waals surface area (Å²) in [5.74, 6) is 0.814. The zero-order valence-corrected chi connectivity index (χ0v) is 10.2. The van der Waals surface area contributed by atoms with Crippen LogP contribution in [0, 0.1) is 0 Å². The molecule has 1 aromatic rings. The Kier molecular flexibility index (Phi) is 3.78. The lowest BCUT2D eigenvalue weighted by atomic mass is 10.3. The molecule has 1 aromatic carbocycles. The fourth-order valence-electron chi connectivity index (χ4n) is 1.61. The molecule has 0 saturated carbocycles. The first-order chi connectivity index (χ1) is 7.29. The molecule has 1 aliphatic heterocycles. The molecule has 2 nitrogen and oxygen atoms in total. The second-order valence-corrected chi connectivity index (χ2v) is 5.28. The number of hydrogen-bond acceptors (Lipinski definition) is 3. The fraction of sp³-hybridized carbons (Fsp3) is 0.455. The van der Waals surface area contributed by atoms with Crippen LogP contribution in [0.15, 0.2) is 23.1 Å². The molecule has 1 saturated heterocycles. The summed E-state index contributed by atoms with van der Waals surface area (Å²) in [6.07, 6.45) is 1.22. The van der Waals surface area contributed by atoms with Crippen LogP contribution in [0.1, 0.15) is 6.42 Å². The van der Waals surface area contributed by atoms with Gasteiger partial charge in [0.25, 0.3) is 0 Å². The molecule has 0 aromatic heterocycles. The van der Waals surface area contributed by atoms with Gasteiger partial charge in [0, 0.05) is 16.7 Å². The lowest BCUT2D eigenvalue weighted by molar-refractivity contribution is 0.414. The van der Waals surface area contributed by atoms with E-state index < -0.39 is 0 Å². The summed E-state index contributed by atoms with van der Waals surface area (Å²) in [6, 6.07) is 5.85. The van der Waals surface area contributed by atoms with Crippen molar-refractivity contribution in [3.8, 4) is 5.75 Å². The molecule has 15 heavy (non-hydrogen) atoms. The van der Waals surface area contributed by atoms with Crippen LogP contribution in [-0.4, -0.2) is 25.4 Å². The van der Waals surface area contributed by atoms with Crippen LogP contribution in [0.2, 0.25) is 5.02 Å². The third-order valence-corrected chi connectivity index (χ3v) is 4.22. The third-order valence-electron chi connectivity index (χ3n) is 2.45. The van der Waals surface area contributed by atoms with E-state index in [9.17, 15) is 0 Å². The Morgan fingerprint density at radius 2 is 2.40 bits per heavy atom. The quantitative estimate of drug-likeness (QED) is 0.882. The molecule has 0 bridgehead atoms. The molecule has 2 rings (SSSR count). The highest BCUT2D eigenvalue weighted by molar-refractivity contribution is 8.00. The number of hydrogen-bond donors (Lipinski definition) is 1. The van der Waals surface area contributed by atoms with Crippen molar-refractivity contribution < 1.29 is 4.74 Å². The van der Waals surface area contributed by atoms with Gasteiger partial charge in [-0.2, -0.15) is 0 Å². The number of thioether (sulfide) groups is 1. The van der Waals surface area contributed by atoms with Gasteiger partial charge in [-0.1, -0.05) is 11.6 Å². The van der Waals surface area contributed by atoms with Gasteiger partial charge in [-0.25, -0.2) is 0 Å². The van der Waals surface area contributed by atoms with E-state index in [0.29, 0.717) is 5.25 Å². The zero-order chi connectivity index (χ0) is 10.7. The highest BCUT2D eigenvalue weighted by atomic mass is 35.5. The minimum absolute atomic E-state index is 0.649. The van der Waals surface area contributed by atoms with Crippen LogP contribution >= 0.6 is 23.4 Å². The van der Waals surface area contributed by atoms with E-state index in [1.54, 1.807) is 7.11 Å². The Labute approximate surface area is 99.3 Å². The molecular weight excluding hydrogens is 230 g/mol. The zero-order valence-electron chi connectivity index (χ0n) is 8.63. The smallest absolute Gasteiger partial charge is 0.120 e. The van der Waals surface area contributed by atoms with Crippen molar-refractivity contribution in [3.63, 3.8) is 0 Å². The summed E-state index contributed by atoms with van der Waals surface area (Å²) in [7, 11) is 1.65. The maximum absolute atomic E-state index is 6.17. The van der Waals surface area contributed by atoms with Crippen LogP contribution < -0.4 is 10.1 Å². The lowest BCUT2D eigenvalue weighted by Crippen LogP contribution is -2.09. The summed E-state index contributed by atoms with van der Waals surface area (Å²) < 4.78 is 5.11. The summed E-state index contributed by atoms with van der Waals surface area (Å²) in [5.41, 5.74) is 0. The molecule has 0 spiro atoms. The van der Waals surface area contributed by atoms with Crippen molar-refractivity contribution in [1.29, 1.82) is 0 Å². The van der Waals surface area contributed by atoms with Crippen molar-refractivity contribution in [1.82, 2.24) is 5.32 Å².